The van der Waals surface area contributed by atoms with Gasteiger partial charge in [0, 0.05) is 30.0 Å². The second kappa shape index (κ2) is 8.14. The van der Waals surface area contributed by atoms with Gasteiger partial charge in [0.1, 0.15) is 0 Å². The van der Waals surface area contributed by atoms with Gasteiger partial charge in [-0.2, -0.15) is 18.2 Å². The van der Waals surface area contributed by atoms with Crippen LogP contribution in [0, 0.1) is 0 Å². The molecule has 9 heteroatoms. The standard InChI is InChI=1S/C21H18F3N3O2S/c1-30-17-7-5-13(6-8-17)11-27-12-15(10-18(27)28)20-25-19(26-29-20)14-3-2-4-16(9-14)21(22,23)24/h2-9,15H,10-12H2,1H3. The summed E-state index contributed by atoms with van der Waals surface area (Å²) in [5.41, 5.74) is 0.466. The third-order valence-corrected chi connectivity index (χ3v) is 5.73. The minimum Gasteiger partial charge on any atom is -0.339 e. The van der Waals surface area contributed by atoms with Gasteiger partial charge < -0.3 is 9.42 Å². The molecular weight excluding hydrogens is 415 g/mol. The Balaban J connectivity index is 1.47. The maximum absolute atomic E-state index is 12.9. The van der Waals surface area contributed by atoms with Crippen molar-refractivity contribution < 1.29 is 22.5 Å². The lowest BCUT2D eigenvalue weighted by Gasteiger charge is -2.16. The molecule has 1 aliphatic rings. The van der Waals surface area contributed by atoms with Gasteiger partial charge in [-0.05, 0) is 36.1 Å². The highest BCUT2D eigenvalue weighted by Crippen LogP contribution is 2.33. The van der Waals surface area contributed by atoms with Crippen molar-refractivity contribution in [2.75, 3.05) is 12.8 Å². The molecule has 0 bridgehead atoms. The molecule has 1 unspecified atom stereocenters. The van der Waals surface area contributed by atoms with Crippen LogP contribution >= 0.6 is 11.8 Å². The van der Waals surface area contributed by atoms with Crippen molar-refractivity contribution >= 4 is 17.7 Å². The summed E-state index contributed by atoms with van der Waals surface area (Å²) < 4.78 is 44.1. The van der Waals surface area contributed by atoms with Gasteiger partial charge in [0.25, 0.3) is 0 Å². The fraction of sp³-hybridized carbons (Fsp3) is 0.286. The number of hydrogen-bond acceptors (Lipinski definition) is 5. The molecule has 1 amide bonds. The second-order valence-electron chi connectivity index (χ2n) is 7.06. The first-order valence-electron chi connectivity index (χ1n) is 9.25. The van der Waals surface area contributed by atoms with E-state index >= 15 is 0 Å². The number of likely N-dealkylation sites (tertiary alicyclic amines) is 1. The summed E-state index contributed by atoms with van der Waals surface area (Å²) >= 11 is 1.65. The largest absolute Gasteiger partial charge is 0.416 e. The molecule has 2 heterocycles. The fourth-order valence-corrected chi connectivity index (χ4v) is 3.80. The molecule has 3 aromatic rings. The quantitative estimate of drug-likeness (QED) is 0.531. The lowest BCUT2D eigenvalue weighted by atomic mass is 10.1. The molecule has 0 radical (unpaired) electrons. The zero-order chi connectivity index (χ0) is 21.3. The highest BCUT2D eigenvalue weighted by Gasteiger charge is 2.35. The number of alkyl halides is 3. The van der Waals surface area contributed by atoms with Gasteiger partial charge in [0.05, 0.1) is 11.5 Å². The monoisotopic (exact) mass is 433 g/mol. The molecule has 0 spiro atoms. The fourth-order valence-electron chi connectivity index (χ4n) is 3.39. The smallest absolute Gasteiger partial charge is 0.339 e. The average molecular weight is 433 g/mol. The Kier molecular flexibility index (Phi) is 5.55. The van der Waals surface area contributed by atoms with Gasteiger partial charge in [-0.25, -0.2) is 0 Å². The molecule has 0 saturated carbocycles. The van der Waals surface area contributed by atoms with Crippen molar-refractivity contribution in [2.45, 2.75) is 30.0 Å². The number of carbonyl (C=O) groups excluding carboxylic acids is 1. The molecule has 1 atom stereocenters. The average Bonchev–Trinajstić information content (AvgIpc) is 3.35. The van der Waals surface area contributed by atoms with E-state index in [4.69, 9.17) is 4.52 Å². The molecule has 1 saturated heterocycles. The van der Waals surface area contributed by atoms with Crippen LogP contribution in [0.15, 0.2) is 57.9 Å². The van der Waals surface area contributed by atoms with Crippen LogP contribution in [0.1, 0.15) is 29.4 Å². The first-order valence-corrected chi connectivity index (χ1v) is 10.5. The molecule has 2 aromatic carbocycles. The summed E-state index contributed by atoms with van der Waals surface area (Å²) in [5.74, 6) is 0.0356. The van der Waals surface area contributed by atoms with Crippen LogP contribution in [0.2, 0.25) is 0 Å². The van der Waals surface area contributed by atoms with Crippen molar-refractivity contribution in [3.63, 3.8) is 0 Å². The van der Waals surface area contributed by atoms with Crippen LogP contribution in [0.25, 0.3) is 11.4 Å². The number of amides is 1. The van der Waals surface area contributed by atoms with Crippen molar-refractivity contribution in [3.05, 3.63) is 65.5 Å². The van der Waals surface area contributed by atoms with E-state index in [2.05, 4.69) is 10.1 Å². The van der Waals surface area contributed by atoms with Crippen molar-refractivity contribution in [1.82, 2.24) is 15.0 Å². The summed E-state index contributed by atoms with van der Waals surface area (Å²) in [6, 6.07) is 12.8. The minimum absolute atomic E-state index is 0.0206. The minimum atomic E-state index is -4.45. The predicted molar refractivity (Wildman–Crippen MR) is 106 cm³/mol. The normalized spacial score (nSPS) is 17.0. The topological polar surface area (TPSA) is 59.2 Å². The van der Waals surface area contributed by atoms with Crippen LogP contribution in [0.3, 0.4) is 0 Å². The number of rotatable bonds is 5. The molecular formula is C21H18F3N3O2S. The third-order valence-electron chi connectivity index (χ3n) is 4.99. The first kappa shape index (κ1) is 20.5. The molecule has 1 aromatic heterocycles. The van der Waals surface area contributed by atoms with E-state index in [1.807, 2.05) is 30.5 Å². The lowest BCUT2D eigenvalue weighted by molar-refractivity contribution is -0.137. The molecule has 0 aliphatic carbocycles. The van der Waals surface area contributed by atoms with Gasteiger partial charge in [-0.3, -0.25) is 4.79 Å². The molecule has 4 rings (SSSR count). The van der Waals surface area contributed by atoms with Crippen LogP contribution in [0.5, 0.6) is 0 Å². The summed E-state index contributed by atoms with van der Waals surface area (Å²) in [6.07, 6.45) is -2.22. The number of benzene rings is 2. The van der Waals surface area contributed by atoms with E-state index in [0.29, 0.717) is 13.1 Å². The maximum Gasteiger partial charge on any atom is 0.416 e. The Morgan fingerprint density at radius 3 is 2.67 bits per heavy atom. The van der Waals surface area contributed by atoms with E-state index < -0.39 is 11.7 Å². The van der Waals surface area contributed by atoms with Crippen molar-refractivity contribution in [3.8, 4) is 11.4 Å². The van der Waals surface area contributed by atoms with Gasteiger partial charge in [0.2, 0.25) is 17.6 Å². The van der Waals surface area contributed by atoms with E-state index in [-0.39, 0.29) is 35.5 Å². The number of halogens is 3. The van der Waals surface area contributed by atoms with Crippen molar-refractivity contribution in [1.29, 1.82) is 0 Å². The molecule has 0 N–H and O–H groups in total. The van der Waals surface area contributed by atoms with Crippen LogP contribution in [-0.4, -0.2) is 33.7 Å². The number of hydrogen-bond donors (Lipinski definition) is 0. The molecule has 1 aliphatic heterocycles. The zero-order valence-corrected chi connectivity index (χ0v) is 16.8. The highest BCUT2D eigenvalue weighted by molar-refractivity contribution is 7.98. The van der Waals surface area contributed by atoms with E-state index in [9.17, 15) is 18.0 Å². The van der Waals surface area contributed by atoms with Crippen LogP contribution in [0.4, 0.5) is 13.2 Å². The number of thioether (sulfide) groups is 1. The lowest BCUT2D eigenvalue weighted by Crippen LogP contribution is -2.24. The number of carbonyl (C=O) groups is 1. The van der Waals surface area contributed by atoms with Gasteiger partial charge >= 0.3 is 6.18 Å². The Bertz CT molecular complexity index is 1050. The van der Waals surface area contributed by atoms with Gasteiger partial charge in [-0.1, -0.05) is 29.4 Å². The zero-order valence-electron chi connectivity index (χ0n) is 16.0. The highest BCUT2D eigenvalue weighted by atomic mass is 32.2. The molecule has 1 fully saturated rings. The van der Waals surface area contributed by atoms with Crippen LogP contribution in [-0.2, 0) is 17.5 Å². The maximum atomic E-state index is 12.9. The SMILES string of the molecule is CSc1ccc(CN2CC(c3nc(-c4cccc(C(F)(F)F)c4)no3)CC2=O)cc1. The predicted octanol–water partition coefficient (Wildman–Crippen LogP) is 4.99. The number of nitrogens with zero attached hydrogens (tertiary/aromatic N) is 3. The van der Waals surface area contributed by atoms with E-state index in [1.165, 1.54) is 12.1 Å². The van der Waals surface area contributed by atoms with Gasteiger partial charge in [-0.15, -0.1) is 11.8 Å². The Morgan fingerprint density at radius 2 is 1.97 bits per heavy atom. The Morgan fingerprint density at radius 1 is 1.20 bits per heavy atom. The Hall–Kier alpha value is -2.81. The summed E-state index contributed by atoms with van der Waals surface area (Å²) in [7, 11) is 0. The summed E-state index contributed by atoms with van der Waals surface area (Å²) in [6.45, 7) is 0.909. The third kappa shape index (κ3) is 4.35. The Labute approximate surface area is 175 Å². The van der Waals surface area contributed by atoms with Crippen LogP contribution < -0.4 is 0 Å². The van der Waals surface area contributed by atoms with E-state index in [1.54, 1.807) is 16.7 Å². The molecule has 30 heavy (non-hydrogen) atoms. The van der Waals surface area contributed by atoms with E-state index in [0.717, 1.165) is 22.6 Å². The molecule has 156 valence electrons. The molecule has 5 nitrogen and oxygen atoms in total. The summed E-state index contributed by atoms with van der Waals surface area (Å²) in [4.78, 5) is 19.6. The van der Waals surface area contributed by atoms with Gasteiger partial charge in [0.15, 0.2) is 0 Å². The second-order valence-corrected chi connectivity index (χ2v) is 7.94. The number of aromatic nitrogens is 2. The first-order chi connectivity index (χ1) is 14.3. The summed E-state index contributed by atoms with van der Waals surface area (Å²) in [5, 5.41) is 3.82. The van der Waals surface area contributed by atoms with Crippen molar-refractivity contribution in [2.24, 2.45) is 0 Å².